The summed E-state index contributed by atoms with van der Waals surface area (Å²) in [5.74, 6) is -2.14. The summed E-state index contributed by atoms with van der Waals surface area (Å²) in [7, 11) is 0. The molecule has 0 bridgehead atoms. The number of ether oxygens (including phenoxy) is 1. The molecular weight excluding hydrogens is 288 g/mol. The van der Waals surface area contributed by atoms with Crippen molar-refractivity contribution in [2.45, 2.75) is 31.8 Å². The average molecular weight is 304 g/mol. The van der Waals surface area contributed by atoms with E-state index in [1.165, 1.54) is 12.1 Å². The molecule has 2 amide bonds. The van der Waals surface area contributed by atoms with E-state index >= 15 is 0 Å². The van der Waals surface area contributed by atoms with Gasteiger partial charge in [-0.05, 0) is 25.5 Å². The van der Waals surface area contributed by atoms with Crippen LogP contribution < -0.4 is 10.6 Å². The van der Waals surface area contributed by atoms with E-state index in [-0.39, 0.29) is 30.2 Å². The van der Waals surface area contributed by atoms with Gasteiger partial charge in [-0.1, -0.05) is 18.2 Å². The number of hydrogen-bond donors (Lipinski definition) is 2. The zero-order valence-corrected chi connectivity index (χ0v) is 12.0. The lowest BCUT2D eigenvalue weighted by Gasteiger charge is -2.27. The zero-order valence-electron chi connectivity index (χ0n) is 12.0. The number of amides is 2. The molecule has 2 atom stereocenters. The standard InChI is InChI=1S/C15H16N2O5/c1-9-13(19)17-11(14(20)16-9)7-8-12(18)22-15(21)10-5-3-2-4-6-10/h2-6,9,11H,7-8H2,1H3,(H,16,20)(H,17,19). The van der Waals surface area contributed by atoms with Crippen LogP contribution in [0, 0.1) is 0 Å². The van der Waals surface area contributed by atoms with Crippen LogP contribution in [-0.2, 0) is 19.1 Å². The molecular formula is C15H16N2O5. The molecule has 116 valence electrons. The first-order chi connectivity index (χ1) is 10.5. The lowest BCUT2D eigenvalue weighted by molar-refractivity contribution is -0.140. The minimum Gasteiger partial charge on any atom is -0.389 e. The molecule has 1 saturated heterocycles. The van der Waals surface area contributed by atoms with Crippen molar-refractivity contribution < 1.29 is 23.9 Å². The third-order valence-corrected chi connectivity index (χ3v) is 3.24. The van der Waals surface area contributed by atoms with Crippen LogP contribution in [0.2, 0.25) is 0 Å². The predicted octanol–water partition coefficient (Wildman–Crippen LogP) is 0.153. The van der Waals surface area contributed by atoms with Crippen LogP contribution >= 0.6 is 0 Å². The smallest absolute Gasteiger partial charge is 0.345 e. The lowest BCUT2D eigenvalue weighted by atomic mass is 10.1. The molecule has 0 aromatic heterocycles. The number of benzene rings is 1. The van der Waals surface area contributed by atoms with E-state index in [1.807, 2.05) is 0 Å². The molecule has 1 aromatic carbocycles. The molecule has 2 rings (SSSR count). The monoisotopic (exact) mass is 304 g/mol. The summed E-state index contributed by atoms with van der Waals surface area (Å²) < 4.78 is 4.69. The Hall–Kier alpha value is -2.70. The minimum atomic E-state index is -0.789. The van der Waals surface area contributed by atoms with Crippen molar-refractivity contribution in [2.75, 3.05) is 0 Å². The minimum absolute atomic E-state index is 0.0746. The summed E-state index contributed by atoms with van der Waals surface area (Å²) >= 11 is 0. The van der Waals surface area contributed by atoms with Crippen molar-refractivity contribution in [1.29, 1.82) is 0 Å². The van der Waals surface area contributed by atoms with Crippen molar-refractivity contribution in [3.63, 3.8) is 0 Å². The van der Waals surface area contributed by atoms with E-state index in [0.29, 0.717) is 0 Å². The number of rotatable bonds is 4. The fourth-order valence-corrected chi connectivity index (χ4v) is 1.99. The van der Waals surface area contributed by atoms with Gasteiger partial charge in [0, 0.05) is 6.42 Å². The maximum atomic E-state index is 11.7. The molecule has 22 heavy (non-hydrogen) atoms. The topological polar surface area (TPSA) is 102 Å². The van der Waals surface area contributed by atoms with Gasteiger partial charge >= 0.3 is 11.9 Å². The first-order valence-corrected chi connectivity index (χ1v) is 6.88. The first kappa shape index (κ1) is 15.7. The molecule has 1 fully saturated rings. The van der Waals surface area contributed by atoms with Crippen LogP contribution in [0.1, 0.15) is 30.1 Å². The van der Waals surface area contributed by atoms with Crippen LogP contribution in [0.3, 0.4) is 0 Å². The summed E-state index contributed by atoms with van der Waals surface area (Å²) in [5, 5.41) is 5.01. The molecule has 0 spiro atoms. The Morgan fingerprint density at radius 3 is 2.45 bits per heavy atom. The summed E-state index contributed by atoms with van der Waals surface area (Å²) in [6.45, 7) is 1.57. The van der Waals surface area contributed by atoms with E-state index in [0.717, 1.165) is 0 Å². The van der Waals surface area contributed by atoms with Crippen molar-refractivity contribution in [3.05, 3.63) is 35.9 Å². The second-order valence-electron chi connectivity index (χ2n) is 4.96. The van der Waals surface area contributed by atoms with Crippen LogP contribution in [0.4, 0.5) is 0 Å². The van der Waals surface area contributed by atoms with Gasteiger partial charge in [0.1, 0.15) is 12.1 Å². The number of carbonyl (C=O) groups excluding carboxylic acids is 4. The predicted molar refractivity (Wildman–Crippen MR) is 75.6 cm³/mol. The Labute approximate surface area is 127 Å². The molecule has 1 aliphatic heterocycles. The van der Waals surface area contributed by atoms with Gasteiger partial charge in [0.15, 0.2) is 0 Å². The highest BCUT2D eigenvalue weighted by Crippen LogP contribution is 2.07. The number of piperazine rings is 1. The maximum Gasteiger partial charge on any atom is 0.345 e. The quantitative estimate of drug-likeness (QED) is 0.609. The summed E-state index contributed by atoms with van der Waals surface area (Å²) in [5.41, 5.74) is 0.272. The van der Waals surface area contributed by atoms with Crippen molar-refractivity contribution in [2.24, 2.45) is 0 Å². The second kappa shape index (κ2) is 6.84. The Kier molecular flexibility index (Phi) is 4.88. The Bertz CT molecular complexity index is 599. The fraction of sp³-hybridized carbons (Fsp3) is 0.333. The van der Waals surface area contributed by atoms with E-state index < -0.39 is 24.0 Å². The molecule has 0 radical (unpaired) electrons. The number of esters is 2. The van der Waals surface area contributed by atoms with Crippen molar-refractivity contribution in [1.82, 2.24) is 10.6 Å². The molecule has 7 heteroatoms. The van der Waals surface area contributed by atoms with Crippen molar-refractivity contribution >= 4 is 23.8 Å². The Morgan fingerprint density at radius 2 is 1.77 bits per heavy atom. The number of carbonyl (C=O) groups is 4. The number of nitrogens with one attached hydrogen (secondary N) is 2. The third-order valence-electron chi connectivity index (χ3n) is 3.24. The molecule has 0 saturated carbocycles. The highest BCUT2D eigenvalue weighted by Gasteiger charge is 2.31. The summed E-state index contributed by atoms with van der Waals surface area (Å²) in [4.78, 5) is 46.4. The lowest BCUT2D eigenvalue weighted by Crippen LogP contribution is -2.60. The first-order valence-electron chi connectivity index (χ1n) is 6.88. The van der Waals surface area contributed by atoms with E-state index in [1.54, 1.807) is 25.1 Å². The largest absolute Gasteiger partial charge is 0.389 e. The van der Waals surface area contributed by atoms with Gasteiger partial charge < -0.3 is 15.4 Å². The highest BCUT2D eigenvalue weighted by molar-refractivity contribution is 5.98. The fourth-order valence-electron chi connectivity index (χ4n) is 1.99. The molecule has 0 aliphatic carbocycles. The van der Waals surface area contributed by atoms with Gasteiger partial charge in [-0.3, -0.25) is 14.4 Å². The normalized spacial score (nSPS) is 20.8. The number of hydrogen-bond acceptors (Lipinski definition) is 5. The average Bonchev–Trinajstić information content (AvgIpc) is 2.50. The molecule has 1 heterocycles. The highest BCUT2D eigenvalue weighted by atomic mass is 16.6. The molecule has 1 aliphatic rings. The van der Waals surface area contributed by atoms with Crippen LogP contribution in [0.5, 0.6) is 0 Å². The summed E-state index contributed by atoms with van der Waals surface area (Å²) in [6.07, 6.45) is -0.0729. The zero-order chi connectivity index (χ0) is 16.1. The Balaban J connectivity index is 1.82. The van der Waals surface area contributed by atoms with E-state index in [4.69, 9.17) is 0 Å². The van der Waals surface area contributed by atoms with Crippen LogP contribution in [0.25, 0.3) is 0 Å². The molecule has 2 unspecified atom stereocenters. The molecule has 1 aromatic rings. The SMILES string of the molecule is CC1NC(=O)C(CCC(=O)OC(=O)c2ccccc2)NC1=O. The van der Waals surface area contributed by atoms with Gasteiger partial charge in [0.25, 0.3) is 0 Å². The van der Waals surface area contributed by atoms with Crippen molar-refractivity contribution in [3.8, 4) is 0 Å². The van der Waals surface area contributed by atoms with Crippen LogP contribution in [0.15, 0.2) is 30.3 Å². The third kappa shape index (κ3) is 3.91. The van der Waals surface area contributed by atoms with E-state index in [9.17, 15) is 19.2 Å². The summed E-state index contributed by atoms with van der Waals surface area (Å²) in [6, 6.07) is 6.74. The van der Waals surface area contributed by atoms with Gasteiger partial charge in [-0.2, -0.15) is 0 Å². The molecule has 2 N–H and O–H groups in total. The Morgan fingerprint density at radius 1 is 1.09 bits per heavy atom. The van der Waals surface area contributed by atoms with E-state index in [2.05, 4.69) is 15.4 Å². The van der Waals surface area contributed by atoms with Gasteiger partial charge in [0.2, 0.25) is 11.8 Å². The maximum absolute atomic E-state index is 11.7. The van der Waals surface area contributed by atoms with Gasteiger partial charge in [-0.25, -0.2) is 4.79 Å². The van der Waals surface area contributed by atoms with Gasteiger partial charge in [0.05, 0.1) is 5.56 Å². The second-order valence-corrected chi connectivity index (χ2v) is 4.96. The van der Waals surface area contributed by atoms with Crippen LogP contribution in [-0.4, -0.2) is 35.8 Å². The van der Waals surface area contributed by atoms with Gasteiger partial charge in [-0.15, -0.1) is 0 Å². The molecule has 7 nitrogen and oxygen atoms in total.